The van der Waals surface area contributed by atoms with E-state index in [-0.39, 0.29) is 29.4 Å². The van der Waals surface area contributed by atoms with Crippen LogP contribution in [-0.4, -0.2) is 65.1 Å². The second kappa shape index (κ2) is 10.8. The highest BCUT2D eigenvalue weighted by Crippen LogP contribution is 2.49. The Labute approximate surface area is 230 Å². The molecule has 0 unspecified atom stereocenters. The van der Waals surface area contributed by atoms with E-state index in [4.69, 9.17) is 9.84 Å². The number of hydrogen-bond acceptors (Lipinski definition) is 6. The predicted octanol–water partition coefficient (Wildman–Crippen LogP) is 4.94. The fourth-order valence-electron chi connectivity index (χ4n) is 4.98. The normalized spacial score (nSPS) is 17.8. The van der Waals surface area contributed by atoms with Crippen molar-refractivity contribution in [1.82, 2.24) is 14.7 Å². The van der Waals surface area contributed by atoms with Crippen LogP contribution in [0.15, 0.2) is 72.1 Å². The van der Waals surface area contributed by atoms with Crippen LogP contribution in [0.4, 0.5) is 5.82 Å². The Morgan fingerprint density at radius 1 is 1.05 bits per heavy atom. The summed E-state index contributed by atoms with van der Waals surface area (Å²) in [6.45, 7) is 4.11. The lowest BCUT2D eigenvalue weighted by atomic mass is 10.0. The number of nitrogens with zero attached hydrogens (tertiary/aromatic N) is 4. The lowest BCUT2D eigenvalue weighted by Crippen LogP contribution is -2.48. The molecule has 4 aromatic rings. The van der Waals surface area contributed by atoms with E-state index in [2.05, 4.69) is 29.6 Å². The highest BCUT2D eigenvalue weighted by Gasteiger charge is 2.38. The SMILES string of the molecule is Cc1cccc(-n2nc(-c3ccccc3)c3c2N(CC(=O)N2CCOCC2)C(=O)CS[C@@H]3c2cccs2)c1. The third-order valence-corrected chi connectivity index (χ3v) is 9.16. The van der Waals surface area contributed by atoms with Gasteiger partial charge in [0.1, 0.15) is 12.4 Å². The largest absolute Gasteiger partial charge is 0.378 e. The van der Waals surface area contributed by atoms with Crippen LogP contribution in [0.1, 0.15) is 21.3 Å². The van der Waals surface area contributed by atoms with E-state index >= 15 is 0 Å². The lowest BCUT2D eigenvalue weighted by molar-refractivity contribution is -0.134. The van der Waals surface area contributed by atoms with Gasteiger partial charge in [0.15, 0.2) is 0 Å². The van der Waals surface area contributed by atoms with Gasteiger partial charge in [-0.05, 0) is 36.1 Å². The Morgan fingerprint density at radius 3 is 2.61 bits per heavy atom. The maximum atomic E-state index is 13.8. The van der Waals surface area contributed by atoms with Gasteiger partial charge in [-0.3, -0.25) is 14.5 Å². The highest BCUT2D eigenvalue weighted by atomic mass is 32.2. The molecule has 2 aliphatic rings. The van der Waals surface area contributed by atoms with E-state index in [1.807, 2.05) is 54.1 Å². The maximum absolute atomic E-state index is 13.8. The van der Waals surface area contributed by atoms with E-state index in [9.17, 15) is 9.59 Å². The molecule has 0 N–H and O–H groups in total. The molecule has 2 amide bonds. The van der Waals surface area contributed by atoms with Crippen molar-refractivity contribution in [2.75, 3.05) is 43.5 Å². The molecule has 2 aliphatic heterocycles. The maximum Gasteiger partial charge on any atom is 0.242 e. The van der Waals surface area contributed by atoms with Gasteiger partial charge in [-0.1, -0.05) is 48.5 Å². The number of carbonyl (C=O) groups excluding carboxylic acids is 2. The number of benzene rings is 2. The van der Waals surface area contributed by atoms with Crippen molar-refractivity contribution in [2.24, 2.45) is 0 Å². The molecule has 0 spiro atoms. The highest BCUT2D eigenvalue weighted by molar-refractivity contribution is 8.00. The van der Waals surface area contributed by atoms with Crippen LogP contribution < -0.4 is 4.90 Å². The second-order valence-electron chi connectivity index (χ2n) is 9.38. The second-order valence-corrected chi connectivity index (χ2v) is 11.5. The van der Waals surface area contributed by atoms with Gasteiger partial charge in [0.25, 0.3) is 0 Å². The van der Waals surface area contributed by atoms with Gasteiger partial charge in [-0.2, -0.15) is 5.10 Å². The van der Waals surface area contributed by atoms with Crippen molar-refractivity contribution in [3.05, 3.63) is 88.1 Å². The molecule has 0 aliphatic carbocycles. The van der Waals surface area contributed by atoms with Gasteiger partial charge in [0.2, 0.25) is 11.8 Å². The minimum absolute atomic E-state index is 0.0324. The molecule has 0 saturated carbocycles. The fourth-order valence-corrected chi connectivity index (χ4v) is 7.16. The summed E-state index contributed by atoms with van der Waals surface area (Å²) < 4.78 is 7.31. The number of carbonyl (C=O) groups is 2. The molecule has 1 atom stereocenters. The molecule has 0 radical (unpaired) electrons. The summed E-state index contributed by atoms with van der Waals surface area (Å²) in [6, 6.07) is 22.3. The minimum Gasteiger partial charge on any atom is -0.378 e. The van der Waals surface area contributed by atoms with Gasteiger partial charge >= 0.3 is 0 Å². The van der Waals surface area contributed by atoms with Gasteiger partial charge < -0.3 is 9.64 Å². The minimum atomic E-state index is -0.0923. The fraction of sp³-hybridized carbons (Fsp3) is 0.276. The summed E-state index contributed by atoms with van der Waals surface area (Å²) in [4.78, 5) is 31.9. The molecule has 2 aromatic carbocycles. The number of fused-ring (bicyclic) bond motifs is 1. The average Bonchev–Trinajstić information content (AvgIpc) is 3.59. The number of anilines is 1. The van der Waals surface area contributed by atoms with Crippen LogP contribution in [0, 0.1) is 6.92 Å². The number of aromatic nitrogens is 2. The number of ether oxygens (including phenoxy) is 1. The first-order valence-electron chi connectivity index (χ1n) is 12.7. The summed E-state index contributed by atoms with van der Waals surface area (Å²) >= 11 is 3.28. The van der Waals surface area contributed by atoms with Crippen molar-refractivity contribution in [1.29, 1.82) is 0 Å². The zero-order valence-electron chi connectivity index (χ0n) is 21.1. The number of amides is 2. The average molecular weight is 545 g/mol. The number of hydrogen-bond donors (Lipinski definition) is 0. The molecule has 4 heterocycles. The smallest absolute Gasteiger partial charge is 0.242 e. The molecule has 2 aromatic heterocycles. The summed E-state index contributed by atoms with van der Waals surface area (Å²) in [6.07, 6.45) is 0. The van der Waals surface area contributed by atoms with E-state index in [1.165, 1.54) is 0 Å². The van der Waals surface area contributed by atoms with Crippen LogP contribution in [0.25, 0.3) is 16.9 Å². The summed E-state index contributed by atoms with van der Waals surface area (Å²) in [5, 5.41) is 7.12. The molecule has 9 heteroatoms. The summed E-state index contributed by atoms with van der Waals surface area (Å²) in [5.41, 5.74) is 4.72. The third-order valence-electron chi connectivity index (χ3n) is 6.84. The van der Waals surface area contributed by atoms with Crippen LogP contribution in [0.3, 0.4) is 0 Å². The Bertz CT molecular complexity index is 1450. The zero-order chi connectivity index (χ0) is 26.1. The van der Waals surface area contributed by atoms with Crippen molar-refractivity contribution >= 4 is 40.7 Å². The van der Waals surface area contributed by atoms with Gasteiger partial charge in [0, 0.05) is 29.1 Å². The monoisotopic (exact) mass is 544 g/mol. The third kappa shape index (κ3) is 4.77. The first-order valence-corrected chi connectivity index (χ1v) is 14.6. The Morgan fingerprint density at radius 2 is 1.87 bits per heavy atom. The van der Waals surface area contributed by atoms with Crippen molar-refractivity contribution in [2.45, 2.75) is 12.2 Å². The lowest BCUT2D eigenvalue weighted by Gasteiger charge is -2.30. The Kier molecular flexibility index (Phi) is 7.06. The molecule has 1 saturated heterocycles. The van der Waals surface area contributed by atoms with Crippen molar-refractivity contribution in [3.8, 4) is 16.9 Å². The number of rotatable bonds is 5. The van der Waals surface area contributed by atoms with Crippen LogP contribution in [0.2, 0.25) is 0 Å². The molecule has 7 nitrogen and oxygen atoms in total. The Balaban J connectivity index is 1.57. The zero-order valence-corrected chi connectivity index (χ0v) is 22.7. The van der Waals surface area contributed by atoms with Crippen molar-refractivity contribution < 1.29 is 14.3 Å². The Hall–Kier alpha value is -3.40. The van der Waals surface area contributed by atoms with Crippen LogP contribution in [-0.2, 0) is 14.3 Å². The number of aryl methyl sites for hydroxylation is 1. The number of morpholine rings is 1. The van der Waals surface area contributed by atoms with E-state index in [0.717, 1.165) is 32.9 Å². The first kappa shape index (κ1) is 24.9. The molecule has 194 valence electrons. The summed E-state index contributed by atoms with van der Waals surface area (Å²) in [5.74, 6) is 0.774. The predicted molar refractivity (Wildman–Crippen MR) is 152 cm³/mol. The van der Waals surface area contributed by atoms with E-state index in [1.54, 1.807) is 32.9 Å². The molecular weight excluding hydrogens is 516 g/mol. The topological polar surface area (TPSA) is 67.7 Å². The number of thiophene rings is 1. The first-order chi connectivity index (χ1) is 18.6. The standard InChI is InChI=1S/C29H28N4O3S2/c1-20-7-5-10-22(17-20)33-29-26(27(30-33)21-8-3-2-4-9-21)28(23-11-6-16-37-23)38-19-25(35)32(29)18-24(34)31-12-14-36-15-13-31/h2-11,16-17,28H,12-15,18-19H2,1H3/t28-/m1/s1. The molecule has 38 heavy (non-hydrogen) atoms. The molecular formula is C29H28N4O3S2. The number of thioether (sulfide) groups is 1. The van der Waals surface area contributed by atoms with Crippen LogP contribution in [0.5, 0.6) is 0 Å². The van der Waals surface area contributed by atoms with Gasteiger partial charge in [0.05, 0.1) is 35.6 Å². The van der Waals surface area contributed by atoms with Crippen LogP contribution >= 0.6 is 23.1 Å². The van der Waals surface area contributed by atoms with Gasteiger partial charge in [-0.15, -0.1) is 23.1 Å². The quantitative estimate of drug-likeness (QED) is 0.356. The summed E-state index contributed by atoms with van der Waals surface area (Å²) in [7, 11) is 0. The molecule has 6 rings (SSSR count). The van der Waals surface area contributed by atoms with E-state index < -0.39 is 0 Å². The molecule has 0 bridgehead atoms. The van der Waals surface area contributed by atoms with Gasteiger partial charge in [-0.25, -0.2) is 4.68 Å². The molecule has 1 fully saturated rings. The van der Waals surface area contributed by atoms with E-state index in [0.29, 0.717) is 32.1 Å². The van der Waals surface area contributed by atoms with Crippen molar-refractivity contribution in [3.63, 3.8) is 0 Å².